The number of nitrogen functional groups attached to an aromatic ring is 1. The van der Waals surface area contributed by atoms with E-state index in [9.17, 15) is 14.0 Å². The molecule has 120 valence electrons. The first-order valence-electron chi connectivity index (χ1n) is 6.87. The second-order valence-corrected chi connectivity index (χ2v) is 5.61. The van der Waals surface area contributed by atoms with Crippen molar-refractivity contribution in [2.24, 2.45) is 0 Å². The minimum absolute atomic E-state index is 0.0429. The molecule has 1 aliphatic rings. The van der Waals surface area contributed by atoms with Crippen LogP contribution < -0.4 is 16.4 Å². The van der Waals surface area contributed by atoms with Crippen molar-refractivity contribution in [2.45, 2.75) is 12.6 Å². The van der Waals surface area contributed by atoms with Gasteiger partial charge in [-0.3, -0.25) is 9.59 Å². The predicted octanol–water partition coefficient (Wildman–Crippen LogP) is 1.44. The van der Waals surface area contributed by atoms with E-state index in [1.54, 1.807) is 0 Å². The SMILES string of the molecule is CNC(=O)c1cc(N)c2n1CC(=O)NC2c1cc(F)ccc1Cl. The number of nitrogens with two attached hydrogens (primary N) is 1. The van der Waals surface area contributed by atoms with Crippen LogP contribution in [0.25, 0.3) is 0 Å². The van der Waals surface area contributed by atoms with Crippen LogP contribution in [0.1, 0.15) is 27.8 Å². The molecule has 0 saturated carbocycles. The van der Waals surface area contributed by atoms with Crippen LogP contribution in [0.3, 0.4) is 0 Å². The zero-order chi connectivity index (χ0) is 16.7. The molecule has 1 unspecified atom stereocenters. The van der Waals surface area contributed by atoms with Gasteiger partial charge in [-0.15, -0.1) is 0 Å². The van der Waals surface area contributed by atoms with E-state index >= 15 is 0 Å². The van der Waals surface area contributed by atoms with E-state index in [-0.39, 0.29) is 24.1 Å². The van der Waals surface area contributed by atoms with Gasteiger partial charge < -0.3 is 20.9 Å². The van der Waals surface area contributed by atoms with Crippen molar-refractivity contribution in [3.05, 3.63) is 52.1 Å². The smallest absolute Gasteiger partial charge is 0.267 e. The molecule has 0 bridgehead atoms. The fraction of sp³-hybridized carbons (Fsp3) is 0.200. The van der Waals surface area contributed by atoms with Crippen molar-refractivity contribution in [1.29, 1.82) is 0 Å². The minimum atomic E-state index is -0.724. The summed E-state index contributed by atoms with van der Waals surface area (Å²) >= 11 is 6.15. The van der Waals surface area contributed by atoms with Crippen LogP contribution in [-0.2, 0) is 11.3 Å². The summed E-state index contributed by atoms with van der Waals surface area (Å²) in [6.07, 6.45) is 0. The number of hydrogen-bond donors (Lipinski definition) is 3. The van der Waals surface area contributed by atoms with Crippen LogP contribution in [0.5, 0.6) is 0 Å². The van der Waals surface area contributed by atoms with Gasteiger partial charge in [0.1, 0.15) is 18.1 Å². The summed E-state index contributed by atoms with van der Waals surface area (Å²) in [4.78, 5) is 24.0. The molecule has 0 spiro atoms. The van der Waals surface area contributed by atoms with Crippen molar-refractivity contribution in [3.63, 3.8) is 0 Å². The molecule has 6 nitrogen and oxygen atoms in total. The Balaban J connectivity index is 2.20. The van der Waals surface area contributed by atoms with Gasteiger partial charge in [0.05, 0.1) is 17.4 Å². The number of halogens is 2. The topological polar surface area (TPSA) is 89.2 Å². The number of hydrogen-bond acceptors (Lipinski definition) is 3. The van der Waals surface area contributed by atoms with Gasteiger partial charge in [-0.05, 0) is 24.3 Å². The Bertz CT molecular complexity index is 818. The van der Waals surface area contributed by atoms with Crippen LogP contribution >= 0.6 is 11.6 Å². The molecule has 8 heteroatoms. The molecule has 1 aromatic carbocycles. The minimum Gasteiger partial charge on any atom is -0.397 e. The van der Waals surface area contributed by atoms with Gasteiger partial charge in [0.25, 0.3) is 5.91 Å². The zero-order valence-electron chi connectivity index (χ0n) is 12.2. The molecule has 3 rings (SSSR count). The Labute approximate surface area is 136 Å². The number of carbonyl (C=O) groups excluding carboxylic acids is 2. The lowest BCUT2D eigenvalue weighted by atomic mass is 10.0. The molecule has 1 aromatic heterocycles. The summed E-state index contributed by atoms with van der Waals surface area (Å²) in [6, 6.07) is 4.66. The maximum atomic E-state index is 13.6. The number of carbonyl (C=O) groups is 2. The number of nitrogens with zero attached hydrogens (tertiary/aromatic N) is 1. The standard InChI is InChI=1S/C15H14ClFN4O2/c1-19-15(23)11-5-10(18)14-13(20-12(22)6-21(11)14)8-4-7(17)2-3-9(8)16/h2-5,13H,6,18H2,1H3,(H,19,23)(H,20,22). The first kappa shape index (κ1) is 15.4. The van der Waals surface area contributed by atoms with Crippen LogP contribution in [0.2, 0.25) is 5.02 Å². The van der Waals surface area contributed by atoms with E-state index in [1.165, 1.54) is 35.9 Å². The third-order valence-electron chi connectivity index (χ3n) is 3.78. The molecule has 1 atom stereocenters. The van der Waals surface area contributed by atoms with Gasteiger partial charge in [-0.25, -0.2) is 4.39 Å². The molecule has 23 heavy (non-hydrogen) atoms. The highest BCUT2D eigenvalue weighted by atomic mass is 35.5. The molecule has 0 radical (unpaired) electrons. The fourth-order valence-corrected chi connectivity index (χ4v) is 3.00. The van der Waals surface area contributed by atoms with Crippen molar-refractivity contribution < 1.29 is 14.0 Å². The van der Waals surface area contributed by atoms with E-state index in [2.05, 4.69) is 10.6 Å². The van der Waals surface area contributed by atoms with Crippen molar-refractivity contribution in [2.75, 3.05) is 12.8 Å². The van der Waals surface area contributed by atoms with Crippen LogP contribution in [0, 0.1) is 5.82 Å². The quantitative estimate of drug-likeness (QED) is 0.775. The number of aromatic nitrogens is 1. The lowest BCUT2D eigenvalue weighted by Gasteiger charge is -2.28. The Hall–Kier alpha value is -2.54. The average Bonchev–Trinajstić information content (AvgIpc) is 2.85. The molecule has 2 aromatic rings. The number of benzene rings is 1. The highest BCUT2D eigenvalue weighted by molar-refractivity contribution is 6.31. The Morgan fingerprint density at radius 3 is 2.91 bits per heavy atom. The van der Waals surface area contributed by atoms with Crippen molar-refractivity contribution in [3.8, 4) is 0 Å². The van der Waals surface area contributed by atoms with Gasteiger partial charge >= 0.3 is 0 Å². The summed E-state index contributed by atoms with van der Waals surface area (Å²) in [5, 5.41) is 5.55. The van der Waals surface area contributed by atoms with Gasteiger partial charge in [-0.2, -0.15) is 0 Å². The molecule has 0 aliphatic carbocycles. The molecule has 2 heterocycles. The van der Waals surface area contributed by atoms with Crippen molar-refractivity contribution in [1.82, 2.24) is 15.2 Å². The number of rotatable bonds is 2. The molecule has 1 aliphatic heterocycles. The Morgan fingerprint density at radius 2 is 2.22 bits per heavy atom. The van der Waals surface area contributed by atoms with Gasteiger partial charge in [0.2, 0.25) is 5.91 Å². The number of fused-ring (bicyclic) bond motifs is 1. The molecular formula is C15H14ClFN4O2. The van der Waals surface area contributed by atoms with E-state index in [4.69, 9.17) is 17.3 Å². The summed E-state index contributed by atoms with van der Waals surface area (Å²) < 4.78 is 15.1. The number of anilines is 1. The van der Waals surface area contributed by atoms with E-state index in [0.29, 0.717) is 22.0 Å². The third-order valence-corrected chi connectivity index (χ3v) is 4.12. The highest BCUT2D eigenvalue weighted by Crippen LogP contribution is 2.35. The maximum absolute atomic E-state index is 13.6. The largest absolute Gasteiger partial charge is 0.397 e. The van der Waals surface area contributed by atoms with Crippen molar-refractivity contribution >= 4 is 29.1 Å². The van der Waals surface area contributed by atoms with Crippen LogP contribution in [0.15, 0.2) is 24.3 Å². The number of nitrogens with one attached hydrogen (secondary N) is 2. The zero-order valence-corrected chi connectivity index (χ0v) is 12.9. The van der Waals surface area contributed by atoms with E-state index in [1.807, 2.05) is 0 Å². The highest BCUT2D eigenvalue weighted by Gasteiger charge is 2.33. The van der Waals surface area contributed by atoms with Crippen LogP contribution in [0.4, 0.5) is 10.1 Å². The predicted molar refractivity (Wildman–Crippen MR) is 83.6 cm³/mol. The summed E-state index contributed by atoms with van der Waals surface area (Å²) in [5.74, 6) is -1.15. The summed E-state index contributed by atoms with van der Waals surface area (Å²) in [5.41, 5.74) is 7.52. The molecule has 0 saturated heterocycles. The summed E-state index contributed by atoms with van der Waals surface area (Å²) in [7, 11) is 1.49. The average molecular weight is 337 g/mol. The molecule has 4 N–H and O–H groups in total. The maximum Gasteiger partial charge on any atom is 0.267 e. The molecule has 0 fully saturated rings. The van der Waals surface area contributed by atoms with Gasteiger partial charge in [-0.1, -0.05) is 11.6 Å². The lowest BCUT2D eigenvalue weighted by molar-refractivity contribution is -0.123. The second kappa shape index (κ2) is 5.58. The second-order valence-electron chi connectivity index (χ2n) is 5.20. The summed E-state index contributed by atoms with van der Waals surface area (Å²) in [6.45, 7) is -0.0429. The molecular weight excluding hydrogens is 323 g/mol. The lowest BCUT2D eigenvalue weighted by Crippen LogP contribution is -2.40. The normalized spacial score (nSPS) is 16.7. The van der Waals surface area contributed by atoms with Crippen LogP contribution in [-0.4, -0.2) is 23.4 Å². The molecule has 2 amide bonds. The first-order valence-corrected chi connectivity index (χ1v) is 7.25. The third kappa shape index (κ3) is 2.53. The van der Waals surface area contributed by atoms with E-state index in [0.717, 1.165) is 0 Å². The van der Waals surface area contributed by atoms with E-state index < -0.39 is 11.9 Å². The van der Waals surface area contributed by atoms with Gasteiger partial charge in [0.15, 0.2) is 0 Å². The first-order chi connectivity index (χ1) is 10.9. The number of amides is 2. The Morgan fingerprint density at radius 1 is 1.48 bits per heavy atom. The fourth-order valence-electron chi connectivity index (χ4n) is 2.77. The van der Waals surface area contributed by atoms with Gasteiger partial charge in [0, 0.05) is 17.6 Å². The monoisotopic (exact) mass is 336 g/mol. The Kier molecular flexibility index (Phi) is 3.73.